The van der Waals surface area contributed by atoms with E-state index in [-0.39, 0.29) is 18.7 Å². The zero-order valence-electron chi connectivity index (χ0n) is 15.0. The summed E-state index contributed by atoms with van der Waals surface area (Å²) < 4.78 is 6.07. The van der Waals surface area contributed by atoms with Crippen molar-refractivity contribution in [2.45, 2.75) is 44.6 Å². The number of nitrogens with zero attached hydrogens (tertiary/aromatic N) is 1. The summed E-state index contributed by atoms with van der Waals surface area (Å²) in [6.07, 6.45) is 6.25. The molecular formula is C20H30N2O3. The van der Waals surface area contributed by atoms with Crippen LogP contribution in [-0.4, -0.2) is 48.9 Å². The van der Waals surface area contributed by atoms with Crippen LogP contribution in [0.3, 0.4) is 0 Å². The molecular weight excluding hydrogens is 316 g/mol. The minimum Gasteiger partial charge on any atom is -0.396 e. The first-order chi connectivity index (χ1) is 12.3. The second-order valence-electron chi connectivity index (χ2n) is 7.15. The van der Waals surface area contributed by atoms with Gasteiger partial charge < -0.3 is 20.1 Å². The number of urea groups is 1. The molecule has 1 aliphatic carbocycles. The minimum absolute atomic E-state index is 0.0133. The van der Waals surface area contributed by atoms with Gasteiger partial charge in [-0.2, -0.15) is 0 Å². The highest BCUT2D eigenvalue weighted by molar-refractivity contribution is 5.74. The monoisotopic (exact) mass is 346 g/mol. The highest BCUT2D eigenvalue weighted by Crippen LogP contribution is 2.32. The van der Waals surface area contributed by atoms with E-state index in [1.807, 2.05) is 4.90 Å². The number of aryl methyl sites for hydroxylation is 1. The number of benzene rings is 1. The Hall–Kier alpha value is -1.59. The maximum Gasteiger partial charge on any atom is 0.317 e. The highest BCUT2D eigenvalue weighted by atomic mass is 16.5. The molecule has 1 unspecified atom stereocenters. The quantitative estimate of drug-likeness (QED) is 0.779. The van der Waals surface area contributed by atoms with Crippen molar-refractivity contribution in [2.75, 3.05) is 32.8 Å². The van der Waals surface area contributed by atoms with Gasteiger partial charge in [-0.1, -0.05) is 24.3 Å². The van der Waals surface area contributed by atoms with Gasteiger partial charge in [-0.3, -0.25) is 0 Å². The van der Waals surface area contributed by atoms with E-state index in [1.54, 1.807) is 0 Å². The smallest absolute Gasteiger partial charge is 0.317 e. The number of nitrogens with one attached hydrogen (secondary N) is 1. The summed E-state index contributed by atoms with van der Waals surface area (Å²) in [5.41, 5.74) is 2.75. The topological polar surface area (TPSA) is 61.8 Å². The second kappa shape index (κ2) is 9.20. The van der Waals surface area contributed by atoms with Crippen LogP contribution in [0.1, 0.15) is 49.3 Å². The number of amides is 2. The van der Waals surface area contributed by atoms with Gasteiger partial charge in [0.1, 0.15) is 0 Å². The first kappa shape index (κ1) is 18.2. The molecule has 1 fully saturated rings. The Kier molecular flexibility index (Phi) is 6.70. The molecule has 0 bridgehead atoms. The third-order valence-electron chi connectivity index (χ3n) is 5.39. The zero-order chi connectivity index (χ0) is 17.5. The van der Waals surface area contributed by atoms with Gasteiger partial charge in [0.2, 0.25) is 0 Å². The number of hydrogen-bond donors (Lipinski definition) is 2. The number of ether oxygens (including phenoxy) is 1. The summed E-state index contributed by atoms with van der Waals surface area (Å²) >= 11 is 0. The fourth-order valence-corrected chi connectivity index (χ4v) is 3.81. The Bertz CT molecular complexity index is 556. The molecule has 0 spiro atoms. The molecule has 1 heterocycles. The van der Waals surface area contributed by atoms with Crippen LogP contribution in [0.25, 0.3) is 0 Å². The summed E-state index contributed by atoms with van der Waals surface area (Å²) in [5, 5.41) is 12.1. The van der Waals surface area contributed by atoms with E-state index in [0.29, 0.717) is 19.1 Å². The van der Waals surface area contributed by atoms with Crippen molar-refractivity contribution in [3.8, 4) is 0 Å². The average molecular weight is 346 g/mol. The standard InChI is InChI=1S/C20H30N2O3/c23-15-16-9-12-22(13-10-16)20(24)21-11-4-14-25-19-8-3-6-17-5-1-2-7-18(17)19/h1-2,5,7,16,19,23H,3-4,6,8-15H2,(H,21,24). The van der Waals surface area contributed by atoms with Crippen molar-refractivity contribution in [3.05, 3.63) is 35.4 Å². The van der Waals surface area contributed by atoms with Crippen LogP contribution in [0.5, 0.6) is 0 Å². The van der Waals surface area contributed by atoms with Crippen LogP contribution >= 0.6 is 0 Å². The van der Waals surface area contributed by atoms with Crippen LogP contribution in [0.2, 0.25) is 0 Å². The number of hydrogen-bond acceptors (Lipinski definition) is 3. The summed E-state index contributed by atoms with van der Waals surface area (Å²) in [5.74, 6) is 0.357. The van der Waals surface area contributed by atoms with Gasteiger partial charge >= 0.3 is 6.03 Å². The van der Waals surface area contributed by atoms with E-state index in [1.165, 1.54) is 17.5 Å². The molecule has 25 heavy (non-hydrogen) atoms. The second-order valence-corrected chi connectivity index (χ2v) is 7.15. The Morgan fingerprint density at radius 2 is 2.04 bits per heavy atom. The van der Waals surface area contributed by atoms with Crippen LogP contribution in [-0.2, 0) is 11.2 Å². The highest BCUT2D eigenvalue weighted by Gasteiger charge is 2.22. The number of carbonyl (C=O) groups is 1. The van der Waals surface area contributed by atoms with E-state index in [0.717, 1.165) is 45.2 Å². The molecule has 0 aromatic heterocycles. The van der Waals surface area contributed by atoms with Crippen molar-refractivity contribution in [2.24, 2.45) is 5.92 Å². The van der Waals surface area contributed by atoms with Gasteiger partial charge in [-0.25, -0.2) is 4.79 Å². The summed E-state index contributed by atoms with van der Waals surface area (Å²) in [6, 6.07) is 8.57. The summed E-state index contributed by atoms with van der Waals surface area (Å²) in [4.78, 5) is 14.0. The molecule has 0 radical (unpaired) electrons. The third kappa shape index (κ3) is 4.95. The zero-order valence-corrected chi connectivity index (χ0v) is 15.0. The number of fused-ring (bicyclic) bond motifs is 1. The SMILES string of the molecule is O=C(NCCCOC1CCCc2ccccc21)N1CCC(CO)CC1. The molecule has 3 rings (SSSR count). The molecule has 1 saturated heterocycles. The molecule has 5 nitrogen and oxygen atoms in total. The third-order valence-corrected chi connectivity index (χ3v) is 5.39. The fraction of sp³-hybridized carbons (Fsp3) is 0.650. The Labute approximate surface area is 150 Å². The van der Waals surface area contributed by atoms with Crippen molar-refractivity contribution in [1.29, 1.82) is 0 Å². The minimum atomic E-state index is 0.0133. The molecule has 0 saturated carbocycles. The van der Waals surface area contributed by atoms with Crippen molar-refractivity contribution < 1.29 is 14.6 Å². The number of aliphatic hydroxyl groups excluding tert-OH is 1. The average Bonchev–Trinajstić information content (AvgIpc) is 2.67. The molecule has 1 aromatic rings. The molecule has 1 aromatic carbocycles. The molecule has 1 aliphatic heterocycles. The van der Waals surface area contributed by atoms with Gasteiger partial charge in [0.25, 0.3) is 0 Å². The van der Waals surface area contributed by atoms with E-state index < -0.39 is 0 Å². The fourth-order valence-electron chi connectivity index (χ4n) is 3.81. The lowest BCUT2D eigenvalue weighted by molar-refractivity contribution is 0.0394. The lowest BCUT2D eigenvalue weighted by Gasteiger charge is -2.31. The Morgan fingerprint density at radius 1 is 1.24 bits per heavy atom. The van der Waals surface area contributed by atoms with Crippen LogP contribution in [0.4, 0.5) is 4.79 Å². The number of carbonyl (C=O) groups excluding carboxylic acids is 1. The van der Waals surface area contributed by atoms with Gasteiger partial charge in [-0.15, -0.1) is 0 Å². The number of likely N-dealkylation sites (tertiary alicyclic amines) is 1. The summed E-state index contributed by atoms with van der Waals surface area (Å²) in [7, 11) is 0. The normalized spacial score (nSPS) is 21.0. The van der Waals surface area contributed by atoms with E-state index in [9.17, 15) is 4.79 Å². The van der Waals surface area contributed by atoms with Crippen LogP contribution in [0, 0.1) is 5.92 Å². The first-order valence-corrected chi connectivity index (χ1v) is 9.61. The van der Waals surface area contributed by atoms with E-state index >= 15 is 0 Å². The molecule has 5 heteroatoms. The first-order valence-electron chi connectivity index (χ1n) is 9.61. The Balaban J connectivity index is 1.32. The lowest BCUT2D eigenvalue weighted by Crippen LogP contribution is -2.45. The van der Waals surface area contributed by atoms with Crippen LogP contribution in [0.15, 0.2) is 24.3 Å². The Morgan fingerprint density at radius 3 is 2.84 bits per heavy atom. The molecule has 2 amide bonds. The number of piperidine rings is 1. The predicted octanol–water partition coefficient (Wildman–Crippen LogP) is 2.88. The van der Waals surface area contributed by atoms with Crippen molar-refractivity contribution in [1.82, 2.24) is 10.2 Å². The number of rotatable bonds is 6. The van der Waals surface area contributed by atoms with Crippen LogP contribution < -0.4 is 5.32 Å². The van der Waals surface area contributed by atoms with Gasteiger partial charge in [-0.05, 0) is 55.6 Å². The van der Waals surface area contributed by atoms with E-state index in [2.05, 4.69) is 29.6 Å². The number of aliphatic hydroxyl groups is 1. The van der Waals surface area contributed by atoms with Crippen molar-refractivity contribution in [3.63, 3.8) is 0 Å². The molecule has 2 aliphatic rings. The maximum atomic E-state index is 12.1. The molecule has 138 valence electrons. The van der Waals surface area contributed by atoms with Gasteiger partial charge in [0.15, 0.2) is 0 Å². The largest absolute Gasteiger partial charge is 0.396 e. The van der Waals surface area contributed by atoms with E-state index in [4.69, 9.17) is 9.84 Å². The molecule has 2 N–H and O–H groups in total. The lowest BCUT2D eigenvalue weighted by atomic mass is 9.89. The maximum absolute atomic E-state index is 12.1. The van der Waals surface area contributed by atoms with Gasteiger partial charge in [0.05, 0.1) is 6.10 Å². The summed E-state index contributed by atoms with van der Waals surface area (Å²) in [6.45, 7) is 3.04. The van der Waals surface area contributed by atoms with Gasteiger partial charge in [0, 0.05) is 32.8 Å². The van der Waals surface area contributed by atoms with Crippen molar-refractivity contribution >= 4 is 6.03 Å². The molecule has 1 atom stereocenters. The predicted molar refractivity (Wildman–Crippen MR) is 97.5 cm³/mol.